The average molecular weight is 385 g/mol. The van der Waals surface area contributed by atoms with E-state index in [4.69, 9.17) is 9.47 Å². The summed E-state index contributed by atoms with van der Waals surface area (Å²) in [5, 5.41) is 13.3. The maximum Gasteiger partial charge on any atom is 0.412 e. The van der Waals surface area contributed by atoms with E-state index >= 15 is 0 Å². The van der Waals surface area contributed by atoms with Crippen LogP contribution in [-0.2, 0) is 11.3 Å². The maximum atomic E-state index is 12.1. The van der Waals surface area contributed by atoms with E-state index in [9.17, 15) is 19.7 Å². The van der Waals surface area contributed by atoms with Crippen molar-refractivity contribution in [2.24, 2.45) is 0 Å². The van der Waals surface area contributed by atoms with Crippen LogP contribution in [0.25, 0.3) is 0 Å². The predicted molar refractivity (Wildman–Crippen MR) is 98.9 cm³/mol. The van der Waals surface area contributed by atoms with Gasteiger partial charge in [0.15, 0.2) is 0 Å². The third kappa shape index (κ3) is 5.19. The standard InChI is InChI=1S/C19H19N3O6/c23-18(28-17-8-6-16(7-9-17)22(25)26)20-15-10-11-21(12-15)19(24)27-13-14-4-2-1-3-5-14/h1-9,15H,10-13H2,(H,20,23). The number of carbonyl (C=O) groups excluding carboxylic acids is 2. The van der Waals surface area contributed by atoms with Gasteiger partial charge < -0.3 is 19.7 Å². The zero-order chi connectivity index (χ0) is 19.9. The topological polar surface area (TPSA) is 111 Å². The summed E-state index contributed by atoms with van der Waals surface area (Å²) < 4.78 is 10.4. The first-order chi connectivity index (χ1) is 13.5. The Morgan fingerprint density at radius 2 is 1.86 bits per heavy atom. The highest BCUT2D eigenvalue weighted by Crippen LogP contribution is 2.18. The summed E-state index contributed by atoms with van der Waals surface area (Å²) in [5.41, 5.74) is 0.810. The number of rotatable bonds is 5. The number of carbonyl (C=O) groups is 2. The SMILES string of the molecule is O=C(NC1CCN(C(=O)OCc2ccccc2)C1)Oc1ccc([N+](=O)[O-])cc1. The summed E-state index contributed by atoms with van der Waals surface area (Å²) in [5.74, 6) is 0.195. The Hall–Kier alpha value is -3.62. The zero-order valence-corrected chi connectivity index (χ0v) is 14.9. The highest BCUT2D eigenvalue weighted by Gasteiger charge is 2.28. The molecule has 3 rings (SSSR count). The summed E-state index contributed by atoms with van der Waals surface area (Å²) in [4.78, 5) is 35.7. The lowest BCUT2D eigenvalue weighted by Gasteiger charge is -2.17. The molecule has 0 aromatic heterocycles. The number of nitro benzene ring substituents is 1. The maximum absolute atomic E-state index is 12.1. The van der Waals surface area contributed by atoms with Crippen molar-refractivity contribution in [3.8, 4) is 5.75 Å². The van der Waals surface area contributed by atoms with Crippen molar-refractivity contribution in [3.63, 3.8) is 0 Å². The van der Waals surface area contributed by atoms with Crippen LogP contribution >= 0.6 is 0 Å². The van der Waals surface area contributed by atoms with Gasteiger partial charge in [0.2, 0.25) is 0 Å². The van der Waals surface area contributed by atoms with Gasteiger partial charge in [-0.2, -0.15) is 0 Å². The molecule has 146 valence electrons. The van der Waals surface area contributed by atoms with Gasteiger partial charge in [-0.1, -0.05) is 30.3 Å². The summed E-state index contributed by atoms with van der Waals surface area (Å²) >= 11 is 0. The van der Waals surface area contributed by atoms with Gasteiger partial charge >= 0.3 is 12.2 Å². The summed E-state index contributed by atoms with van der Waals surface area (Å²) in [6, 6.07) is 14.3. The second-order valence-corrected chi connectivity index (χ2v) is 6.26. The van der Waals surface area contributed by atoms with Crippen LogP contribution < -0.4 is 10.1 Å². The Kier molecular flexibility index (Phi) is 6.05. The number of amides is 2. The molecule has 0 aliphatic carbocycles. The van der Waals surface area contributed by atoms with E-state index in [1.165, 1.54) is 29.2 Å². The lowest BCUT2D eigenvalue weighted by atomic mass is 10.2. The lowest BCUT2D eigenvalue weighted by molar-refractivity contribution is -0.384. The Morgan fingerprint density at radius 1 is 1.14 bits per heavy atom. The van der Waals surface area contributed by atoms with Crippen molar-refractivity contribution in [2.45, 2.75) is 19.1 Å². The van der Waals surface area contributed by atoms with Crippen LogP contribution in [0.2, 0.25) is 0 Å². The third-order valence-corrected chi connectivity index (χ3v) is 4.23. The molecule has 28 heavy (non-hydrogen) atoms. The second kappa shape index (κ2) is 8.85. The number of nitrogens with one attached hydrogen (secondary N) is 1. The van der Waals surface area contributed by atoms with Crippen LogP contribution in [0.5, 0.6) is 5.75 Å². The number of ether oxygens (including phenoxy) is 2. The fraction of sp³-hybridized carbons (Fsp3) is 0.263. The number of non-ortho nitro benzene ring substituents is 1. The minimum Gasteiger partial charge on any atom is -0.445 e. The molecule has 1 aliphatic heterocycles. The molecule has 9 heteroatoms. The number of hydrogen-bond donors (Lipinski definition) is 1. The Bertz CT molecular complexity index is 841. The molecule has 1 heterocycles. The van der Waals surface area contributed by atoms with Gasteiger partial charge in [-0.05, 0) is 24.1 Å². The van der Waals surface area contributed by atoms with Crippen LogP contribution in [0.15, 0.2) is 54.6 Å². The molecule has 1 aliphatic rings. The largest absolute Gasteiger partial charge is 0.445 e. The molecular formula is C19H19N3O6. The van der Waals surface area contributed by atoms with Gasteiger partial charge in [-0.15, -0.1) is 0 Å². The van der Waals surface area contributed by atoms with Gasteiger partial charge in [0.1, 0.15) is 12.4 Å². The lowest BCUT2D eigenvalue weighted by Crippen LogP contribution is -2.40. The van der Waals surface area contributed by atoms with Crippen molar-refractivity contribution < 1.29 is 24.0 Å². The van der Waals surface area contributed by atoms with E-state index in [0.29, 0.717) is 19.5 Å². The van der Waals surface area contributed by atoms with E-state index in [1.807, 2.05) is 30.3 Å². The number of hydrogen-bond acceptors (Lipinski definition) is 6. The molecule has 0 spiro atoms. The first-order valence-electron chi connectivity index (χ1n) is 8.69. The van der Waals surface area contributed by atoms with Crippen LogP contribution in [0, 0.1) is 10.1 Å². The molecule has 1 saturated heterocycles. The third-order valence-electron chi connectivity index (χ3n) is 4.23. The normalized spacial score (nSPS) is 15.7. The summed E-state index contributed by atoms with van der Waals surface area (Å²) in [6.45, 7) is 0.982. The molecule has 2 aromatic rings. The average Bonchev–Trinajstić information content (AvgIpc) is 3.15. The van der Waals surface area contributed by atoms with E-state index in [-0.39, 0.29) is 24.1 Å². The molecule has 1 fully saturated rings. The summed E-state index contributed by atoms with van der Waals surface area (Å²) in [6.07, 6.45) is -0.536. The smallest absolute Gasteiger partial charge is 0.412 e. The van der Waals surface area contributed by atoms with Crippen LogP contribution in [0.4, 0.5) is 15.3 Å². The van der Waals surface area contributed by atoms with Gasteiger partial charge in [-0.3, -0.25) is 10.1 Å². The van der Waals surface area contributed by atoms with Gasteiger partial charge in [-0.25, -0.2) is 9.59 Å². The van der Waals surface area contributed by atoms with E-state index in [1.54, 1.807) is 0 Å². The van der Waals surface area contributed by atoms with Crippen LogP contribution in [0.1, 0.15) is 12.0 Å². The quantitative estimate of drug-likeness (QED) is 0.625. The highest BCUT2D eigenvalue weighted by molar-refractivity contribution is 5.72. The Labute approximate surface area is 161 Å². The second-order valence-electron chi connectivity index (χ2n) is 6.26. The predicted octanol–water partition coefficient (Wildman–Crippen LogP) is 3.09. The van der Waals surface area contributed by atoms with E-state index in [2.05, 4.69) is 5.32 Å². The number of benzene rings is 2. The molecule has 1 N–H and O–H groups in total. The fourth-order valence-electron chi connectivity index (χ4n) is 2.79. The van der Waals surface area contributed by atoms with Gasteiger partial charge in [0.05, 0.1) is 11.0 Å². The first-order valence-corrected chi connectivity index (χ1v) is 8.69. The monoisotopic (exact) mass is 385 g/mol. The van der Waals surface area contributed by atoms with Gasteiger partial charge in [0.25, 0.3) is 5.69 Å². The van der Waals surface area contributed by atoms with E-state index in [0.717, 1.165) is 5.56 Å². The van der Waals surface area contributed by atoms with Crippen molar-refractivity contribution in [2.75, 3.05) is 13.1 Å². The minimum absolute atomic E-state index is 0.0896. The van der Waals surface area contributed by atoms with Crippen molar-refractivity contribution in [1.29, 1.82) is 0 Å². The molecule has 9 nitrogen and oxygen atoms in total. The molecule has 2 amide bonds. The summed E-state index contributed by atoms with van der Waals surface area (Å²) in [7, 11) is 0. The highest BCUT2D eigenvalue weighted by atomic mass is 16.6. The zero-order valence-electron chi connectivity index (χ0n) is 14.9. The fourth-order valence-corrected chi connectivity index (χ4v) is 2.79. The minimum atomic E-state index is -0.682. The molecule has 0 bridgehead atoms. The molecular weight excluding hydrogens is 366 g/mol. The molecule has 1 atom stereocenters. The molecule has 0 radical (unpaired) electrons. The van der Waals surface area contributed by atoms with Crippen molar-refractivity contribution in [1.82, 2.24) is 10.2 Å². The number of likely N-dealkylation sites (tertiary alicyclic amines) is 1. The van der Waals surface area contributed by atoms with Gasteiger partial charge in [0, 0.05) is 25.2 Å². The Morgan fingerprint density at radius 3 is 2.54 bits per heavy atom. The molecule has 1 unspecified atom stereocenters. The van der Waals surface area contributed by atoms with E-state index < -0.39 is 17.1 Å². The molecule has 2 aromatic carbocycles. The van der Waals surface area contributed by atoms with Crippen molar-refractivity contribution in [3.05, 3.63) is 70.3 Å². The van der Waals surface area contributed by atoms with Crippen molar-refractivity contribution >= 4 is 17.9 Å². The Balaban J connectivity index is 1.42. The number of nitro groups is 1. The van der Waals surface area contributed by atoms with Crippen LogP contribution in [-0.4, -0.2) is 41.1 Å². The number of nitrogens with zero attached hydrogens (tertiary/aromatic N) is 2. The first kappa shape index (κ1) is 19.2. The molecule has 0 saturated carbocycles. The van der Waals surface area contributed by atoms with Crippen LogP contribution in [0.3, 0.4) is 0 Å².